The van der Waals surface area contributed by atoms with E-state index in [2.05, 4.69) is 0 Å². The van der Waals surface area contributed by atoms with Gasteiger partial charge in [0.2, 0.25) is 10.0 Å². The zero-order valence-electron chi connectivity index (χ0n) is 11.9. The second kappa shape index (κ2) is 5.73. The highest BCUT2D eigenvalue weighted by Gasteiger charge is 2.40. The lowest BCUT2D eigenvalue weighted by atomic mass is 9.99. The van der Waals surface area contributed by atoms with Crippen LogP contribution in [-0.4, -0.2) is 36.9 Å². The summed E-state index contributed by atoms with van der Waals surface area (Å²) >= 11 is 0. The molecule has 0 unspecified atom stereocenters. The molecule has 0 radical (unpaired) electrons. The largest absolute Gasteiger partial charge is 0.481 e. The zero-order chi connectivity index (χ0) is 15.8. The van der Waals surface area contributed by atoms with E-state index in [1.807, 2.05) is 0 Å². The normalized spacial score (nSPS) is 23.4. The molecule has 1 N–H and O–H groups in total. The lowest BCUT2D eigenvalue weighted by molar-refractivity contribution is -0.142. The Hall–Kier alpha value is -1.47. The van der Waals surface area contributed by atoms with E-state index in [4.69, 9.17) is 5.11 Å². The van der Waals surface area contributed by atoms with Crippen LogP contribution in [0.1, 0.15) is 18.1 Å². The maximum atomic E-state index is 13.5. The number of aliphatic carboxylic acids is 1. The Morgan fingerprint density at radius 3 is 2.62 bits per heavy atom. The van der Waals surface area contributed by atoms with Gasteiger partial charge >= 0.3 is 5.97 Å². The van der Waals surface area contributed by atoms with Gasteiger partial charge in [-0.2, -0.15) is 0 Å². The summed E-state index contributed by atoms with van der Waals surface area (Å²) in [5.41, 5.74) is 0.821. The van der Waals surface area contributed by atoms with Gasteiger partial charge in [-0.1, -0.05) is 19.1 Å². The lowest BCUT2D eigenvalue weighted by Gasteiger charge is -2.16. The number of rotatable bonds is 4. The lowest BCUT2D eigenvalue weighted by Crippen LogP contribution is -2.31. The molecule has 2 atom stereocenters. The number of hydrogen-bond donors (Lipinski definition) is 1. The van der Waals surface area contributed by atoms with Gasteiger partial charge in [-0.3, -0.25) is 4.79 Å². The number of aryl methyl sites for hydroxylation is 1. The monoisotopic (exact) mass is 315 g/mol. The number of hydrogen-bond acceptors (Lipinski definition) is 3. The van der Waals surface area contributed by atoms with Crippen LogP contribution in [0, 0.1) is 24.6 Å². The summed E-state index contributed by atoms with van der Waals surface area (Å²) in [5, 5.41) is 9.05. The average molecular weight is 315 g/mol. The van der Waals surface area contributed by atoms with Gasteiger partial charge in [0.15, 0.2) is 0 Å². The van der Waals surface area contributed by atoms with Gasteiger partial charge < -0.3 is 5.11 Å². The van der Waals surface area contributed by atoms with Crippen molar-refractivity contribution >= 4 is 16.0 Å². The van der Waals surface area contributed by atoms with Crippen molar-refractivity contribution in [2.24, 2.45) is 11.8 Å². The van der Waals surface area contributed by atoms with Crippen LogP contribution < -0.4 is 0 Å². The molecule has 0 bridgehead atoms. The molecule has 0 amide bonds. The van der Waals surface area contributed by atoms with Crippen molar-refractivity contribution in [3.05, 3.63) is 35.1 Å². The van der Waals surface area contributed by atoms with Gasteiger partial charge in [0.05, 0.1) is 11.7 Å². The number of carbonyl (C=O) groups is 1. The Labute approximate surface area is 123 Å². The van der Waals surface area contributed by atoms with Crippen molar-refractivity contribution in [2.45, 2.75) is 19.6 Å². The van der Waals surface area contributed by atoms with Gasteiger partial charge in [0.1, 0.15) is 5.82 Å². The summed E-state index contributed by atoms with van der Waals surface area (Å²) in [5.74, 6) is -2.66. The molecule has 0 aliphatic carbocycles. The Bertz CT molecular complexity index is 659. The summed E-state index contributed by atoms with van der Waals surface area (Å²) in [6, 6.07) is 4.32. The quantitative estimate of drug-likeness (QED) is 0.916. The molecule has 0 saturated carbocycles. The first-order valence-electron chi connectivity index (χ1n) is 6.66. The SMILES string of the molecule is Cc1ccc(CS(=O)(=O)N2C[C@@H](C)[C@H](C(=O)O)C2)cc1F. The molecule has 7 heteroatoms. The van der Waals surface area contributed by atoms with Crippen LogP contribution in [0.15, 0.2) is 18.2 Å². The first-order valence-corrected chi connectivity index (χ1v) is 8.27. The second-order valence-electron chi connectivity index (χ2n) is 5.58. The maximum absolute atomic E-state index is 13.5. The third-order valence-electron chi connectivity index (χ3n) is 3.87. The fraction of sp³-hybridized carbons (Fsp3) is 0.500. The molecule has 1 fully saturated rings. The van der Waals surface area contributed by atoms with E-state index in [-0.39, 0.29) is 24.8 Å². The van der Waals surface area contributed by atoms with E-state index in [1.54, 1.807) is 19.9 Å². The number of carboxylic acids is 1. The highest BCUT2D eigenvalue weighted by molar-refractivity contribution is 7.88. The molecular weight excluding hydrogens is 297 g/mol. The van der Waals surface area contributed by atoms with Crippen LogP contribution in [0.4, 0.5) is 4.39 Å². The molecule has 5 nitrogen and oxygen atoms in total. The first kappa shape index (κ1) is 15.9. The molecule has 1 aromatic carbocycles. The van der Waals surface area contributed by atoms with Gasteiger partial charge in [-0.25, -0.2) is 17.1 Å². The number of benzene rings is 1. The predicted octanol–water partition coefficient (Wildman–Crippen LogP) is 1.62. The fourth-order valence-electron chi connectivity index (χ4n) is 2.50. The van der Waals surface area contributed by atoms with Gasteiger partial charge in [0, 0.05) is 13.1 Å². The van der Waals surface area contributed by atoms with Gasteiger partial charge in [-0.15, -0.1) is 0 Å². The van der Waals surface area contributed by atoms with Crippen LogP contribution in [0.3, 0.4) is 0 Å². The molecule has 0 aromatic heterocycles. The molecule has 1 saturated heterocycles. The fourth-order valence-corrected chi connectivity index (χ4v) is 4.13. The topological polar surface area (TPSA) is 74.7 Å². The average Bonchev–Trinajstić information content (AvgIpc) is 2.77. The van der Waals surface area contributed by atoms with Crippen molar-refractivity contribution < 1.29 is 22.7 Å². The van der Waals surface area contributed by atoms with E-state index in [9.17, 15) is 17.6 Å². The summed E-state index contributed by atoms with van der Waals surface area (Å²) in [7, 11) is -3.64. The molecule has 21 heavy (non-hydrogen) atoms. The van der Waals surface area contributed by atoms with E-state index < -0.39 is 27.7 Å². The minimum Gasteiger partial charge on any atom is -0.481 e. The van der Waals surface area contributed by atoms with Gasteiger partial charge in [-0.05, 0) is 30.0 Å². The molecule has 1 aliphatic rings. The Kier molecular flexibility index (Phi) is 4.34. The number of halogens is 1. The third-order valence-corrected chi connectivity index (χ3v) is 5.66. The highest BCUT2D eigenvalue weighted by Crippen LogP contribution is 2.27. The molecule has 1 aliphatic heterocycles. The highest BCUT2D eigenvalue weighted by atomic mass is 32.2. The smallest absolute Gasteiger partial charge is 0.308 e. The molecule has 1 aromatic rings. The summed E-state index contributed by atoms with van der Waals surface area (Å²) in [4.78, 5) is 11.1. The number of carboxylic acid groups (broad SMARTS) is 1. The Morgan fingerprint density at radius 2 is 2.10 bits per heavy atom. The van der Waals surface area contributed by atoms with Crippen LogP contribution in [-0.2, 0) is 20.6 Å². The minimum absolute atomic E-state index is 0.0207. The Balaban J connectivity index is 2.16. The molecule has 116 valence electrons. The van der Waals surface area contributed by atoms with E-state index in [1.165, 1.54) is 16.4 Å². The van der Waals surface area contributed by atoms with E-state index >= 15 is 0 Å². The van der Waals surface area contributed by atoms with Crippen LogP contribution in [0.25, 0.3) is 0 Å². The maximum Gasteiger partial charge on any atom is 0.308 e. The molecular formula is C14H18FNO4S. The van der Waals surface area contributed by atoms with Crippen LogP contribution in [0.5, 0.6) is 0 Å². The zero-order valence-corrected chi connectivity index (χ0v) is 12.7. The first-order chi connectivity index (χ1) is 9.70. The Morgan fingerprint density at radius 1 is 1.43 bits per heavy atom. The van der Waals surface area contributed by atoms with Crippen LogP contribution in [0.2, 0.25) is 0 Å². The third kappa shape index (κ3) is 3.41. The summed E-state index contributed by atoms with van der Waals surface area (Å²) in [6.07, 6.45) is 0. The molecule has 2 rings (SSSR count). The van der Waals surface area contributed by atoms with Crippen molar-refractivity contribution in [2.75, 3.05) is 13.1 Å². The van der Waals surface area contributed by atoms with Gasteiger partial charge in [0.25, 0.3) is 0 Å². The van der Waals surface area contributed by atoms with Crippen molar-refractivity contribution in [1.82, 2.24) is 4.31 Å². The van der Waals surface area contributed by atoms with Crippen molar-refractivity contribution in [3.63, 3.8) is 0 Å². The second-order valence-corrected chi connectivity index (χ2v) is 7.55. The van der Waals surface area contributed by atoms with Crippen molar-refractivity contribution in [3.8, 4) is 0 Å². The van der Waals surface area contributed by atoms with Crippen LogP contribution >= 0.6 is 0 Å². The molecule has 1 heterocycles. The minimum atomic E-state index is -3.64. The molecule has 0 spiro atoms. The van der Waals surface area contributed by atoms with E-state index in [0.29, 0.717) is 11.1 Å². The summed E-state index contributed by atoms with van der Waals surface area (Å²) in [6.45, 7) is 3.49. The van der Waals surface area contributed by atoms with Crippen molar-refractivity contribution in [1.29, 1.82) is 0 Å². The van der Waals surface area contributed by atoms with E-state index in [0.717, 1.165) is 0 Å². The summed E-state index contributed by atoms with van der Waals surface area (Å²) < 4.78 is 39.3. The standard InChI is InChI=1S/C14H18FNO4S/c1-9-3-4-11(5-13(9)15)8-21(19,20)16-6-10(2)12(7-16)14(17)18/h3-5,10,12H,6-8H2,1-2H3,(H,17,18)/t10-,12-/m1/s1. The number of nitrogens with zero attached hydrogens (tertiary/aromatic N) is 1. The predicted molar refractivity (Wildman–Crippen MR) is 75.6 cm³/mol. The number of sulfonamides is 1.